The fourth-order valence-electron chi connectivity index (χ4n) is 4.03. The number of amides is 2. The van der Waals surface area contributed by atoms with Gasteiger partial charge in [-0.05, 0) is 57.0 Å². The monoisotopic (exact) mass is 483 g/mol. The number of carbonyl (C=O) groups is 2. The molecule has 1 N–H and O–H groups in total. The Kier molecular flexibility index (Phi) is 5.71. The second kappa shape index (κ2) is 8.68. The van der Waals surface area contributed by atoms with Gasteiger partial charge in [-0.15, -0.1) is 22.7 Å². The molecule has 170 valence electrons. The van der Waals surface area contributed by atoms with E-state index < -0.39 is 0 Å². The van der Waals surface area contributed by atoms with E-state index in [0.717, 1.165) is 27.3 Å². The molecular formula is C23H22FN5O2S2. The van der Waals surface area contributed by atoms with Crippen molar-refractivity contribution >= 4 is 49.8 Å². The Morgan fingerprint density at radius 2 is 1.88 bits per heavy atom. The van der Waals surface area contributed by atoms with Crippen LogP contribution in [0.3, 0.4) is 0 Å². The fourth-order valence-corrected chi connectivity index (χ4v) is 5.87. The molecule has 0 atom stereocenters. The first-order valence-corrected chi connectivity index (χ1v) is 12.4. The molecule has 0 aliphatic carbocycles. The zero-order chi connectivity index (χ0) is 23.1. The number of anilines is 1. The van der Waals surface area contributed by atoms with Gasteiger partial charge in [0.05, 0.1) is 22.0 Å². The number of rotatable bonds is 4. The summed E-state index contributed by atoms with van der Waals surface area (Å²) in [5.41, 5.74) is 2.45. The largest absolute Gasteiger partial charge is 0.338 e. The minimum Gasteiger partial charge on any atom is -0.338 e. The smallest absolute Gasteiger partial charge is 0.264 e. The molecule has 10 heteroatoms. The molecule has 5 rings (SSSR count). The molecule has 1 aliphatic heterocycles. The van der Waals surface area contributed by atoms with E-state index in [2.05, 4.69) is 15.4 Å². The lowest BCUT2D eigenvalue weighted by atomic mass is 9.96. The number of fused-ring (bicyclic) bond motifs is 1. The zero-order valence-corrected chi connectivity index (χ0v) is 19.8. The maximum absolute atomic E-state index is 13.3. The second-order valence-corrected chi connectivity index (χ2v) is 10.0. The van der Waals surface area contributed by atoms with Gasteiger partial charge in [0.25, 0.3) is 5.91 Å². The van der Waals surface area contributed by atoms with E-state index in [1.54, 1.807) is 16.8 Å². The van der Waals surface area contributed by atoms with Gasteiger partial charge in [0.1, 0.15) is 10.6 Å². The van der Waals surface area contributed by atoms with Crippen molar-refractivity contribution in [2.45, 2.75) is 26.7 Å². The van der Waals surface area contributed by atoms with Crippen LogP contribution in [0.25, 0.3) is 15.9 Å². The van der Waals surface area contributed by atoms with E-state index in [1.807, 2.05) is 30.2 Å². The molecular weight excluding hydrogens is 461 g/mol. The van der Waals surface area contributed by atoms with E-state index in [0.29, 0.717) is 35.9 Å². The maximum atomic E-state index is 13.3. The lowest BCUT2D eigenvalue weighted by Gasteiger charge is -2.30. The van der Waals surface area contributed by atoms with Crippen molar-refractivity contribution in [3.05, 3.63) is 57.8 Å². The highest BCUT2D eigenvalue weighted by Gasteiger charge is 2.29. The van der Waals surface area contributed by atoms with Crippen LogP contribution in [-0.4, -0.2) is 44.6 Å². The minimum atomic E-state index is -0.306. The summed E-state index contributed by atoms with van der Waals surface area (Å²) in [5.74, 6) is -0.501. The van der Waals surface area contributed by atoms with Crippen LogP contribution in [0.15, 0.2) is 35.7 Å². The highest BCUT2D eigenvalue weighted by molar-refractivity contribution is 7.20. The summed E-state index contributed by atoms with van der Waals surface area (Å²) in [6, 6.07) is 8.02. The number of piperidine rings is 1. The summed E-state index contributed by atoms with van der Waals surface area (Å²) in [6.07, 6.45) is 1.24. The van der Waals surface area contributed by atoms with Crippen molar-refractivity contribution in [1.82, 2.24) is 19.7 Å². The number of thiazole rings is 1. The lowest BCUT2D eigenvalue weighted by molar-refractivity contribution is -0.121. The van der Waals surface area contributed by atoms with Crippen LogP contribution in [0, 0.1) is 25.6 Å². The van der Waals surface area contributed by atoms with Crippen LogP contribution < -0.4 is 5.32 Å². The third-order valence-electron chi connectivity index (χ3n) is 5.83. The van der Waals surface area contributed by atoms with Crippen LogP contribution in [0.1, 0.15) is 33.9 Å². The van der Waals surface area contributed by atoms with Gasteiger partial charge in [-0.1, -0.05) is 0 Å². The molecule has 1 aromatic carbocycles. The van der Waals surface area contributed by atoms with Gasteiger partial charge in [0.2, 0.25) is 5.91 Å². The number of carbonyl (C=O) groups excluding carboxylic acids is 2. The Bertz CT molecular complexity index is 1330. The summed E-state index contributed by atoms with van der Waals surface area (Å²) < 4.78 is 15.1. The van der Waals surface area contributed by atoms with Crippen molar-refractivity contribution in [2.24, 2.45) is 5.92 Å². The maximum Gasteiger partial charge on any atom is 0.264 e. The molecule has 0 unspecified atom stereocenters. The number of likely N-dealkylation sites (tertiary alicyclic amines) is 1. The van der Waals surface area contributed by atoms with Crippen molar-refractivity contribution in [3.63, 3.8) is 0 Å². The average molecular weight is 484 g/mol. The highest BCUT2D eigenvalue weighted by atomic mass is 32.1. The number of nitrogens with one attached hydrogen (secondary N) is 1. The molecule has 0 spiro atoms. The molecule has 0 radical (unpaired) electrons. The van der Waals surface area contributed by atoms with Gasteiger partial charge in [0, 0.05) is 29.8 Å². The van der Waals surface area contributed by atoms with Crippen LogP contribution in [0.5, 0.6) is 0 Å². The number of nitrogens with zero attached hydrogens (tertiary/aromatic N) is 4. The fraction of sp³-hybridized carbons (Fsp3) is 0.304. The van der Waals surface area contributed by atoms with Crippen molar-refractivity contribution in [2.75, 3.05) is 18.4 Å². The number of thiophene rings is 1. The number of aryl methyl sites for hydroxylation is 2. The molecule has 4 aromatic rings. The number of hydrogen-bond donors (Lipinski definition) is 1. The summed E-state index contributed by atoms with van der Waals surface area (Å²) in [7, 11) is 0. The van der Waals surface area contributed by atoms with Crippen LogP contribution in [-0.2, 0) is 4.79 Å². The SMILES string of the molecule is Cc1csc(NC(=O)C2CCN(C(=O)c3cc4c(C)nn(-c5ccc(F)cc5)c4s3)CC2)n1. The Labute approximate surface area is 197 Å². The zero-order valence-electron chi connectivity index (χ0n) is 18.2. The molecule has 1 fully saturated rings. The third-order valence-corrected chi connectivity index (χ3v) is 7.80. The first kappa shape index (κ1) is 21.7. The normalized spacial score (nSPS) is 14.7. The van der Waals surface area contributed by atoms with E-state index in [4.69, 9.17) is 0 Å². The van der Waals surface area contributed by atoms with Crippen molar-refractivity contribution < 1.29 is 14.0 Å². The van der Waals surface area contributed by atoms with Gasteiger partial charge in [-0.2, -0.15) is 5.10 Å². The Morgan fingerprint density at radius 3 is 2.55 bits per heavy atom. The van der Waals surface area contributed by atoms with Crippen LogP contribution in [0.2, 0.25) is 0 Å². The van der Waals surface area contributed by atoms with Crippen LogP contribution in [0.4, 0.5) is 9.52 Å². The van der Waals surface area contributed by atoms with E-state index in [9.17, 15) is 14.0 Å². The molecule has 4 heterocycles. The molecule has 1 aliphatic rings. The molecule has 2 amide bonds. The third kappa shape index (κ3) is 4.28. The first-order valence-electron chi connectivity index (χ1n) is 10.7. The quantitative estimate of drug-likeness (QED) is 0.453. The Morgan fingerprint density at radius 1 is 1.15 bits per heavy atom. The van der Waals surface area contributed by atoms with Gasteiger partial charge < -0.3 is 10.2 Å². The predicted molar refractivity (Wildman–Crippen MR) is 128 cm³/mol. The van der Waals surface area contributed by atoms with Gasteiger partial charge in [-0.3, -0.25) is 9.59 Å². The second-order valence-electron chi connectivity index (χ2n) is 8.15. The molecule has 3 aromatic heterocycles. The van der Waals surface area contributed by atoms with Gasteiger partial charge >= 0.3 is 0 Å². The van der Waals surface area contributed by atoms with E-state index >= 15 is 0 Å². The highest BCUT2D eigenvalue weighted by Crippen LogP contribution is 2.32. The van der Waals surface area contributed by atoms with Crippen LogP contribution >= 0.6 is 22.7 Å². The van der Waals surface area contributed by atoms with Gasteiger partial charge in [0.15, 0.2) is 5.13 Å². The van der Waals surface area contributed by atoms with E-state index in [-0.39, 0.29) is 23.5 Å². The van der Waals surface area contributed by atoms with Crippen molar-refractivity contribution in [3.8, 4) is 5.69 Å². The molecule has 0 saturated carbocycles. The standard InChI is InChI=1S/C23H22FN5O2S2/c1-13-12-32-23(25-13)26-20(30)15-7-9-28(10-8-15)21(31)19-11-18-14(2)27-29(22(18)33-19)17-5-3-16(24)4-6-17/h3-6,11-12,15H,7-10H2,1-2H3,(H,25,26,30). The Hall–Kier alpha value is -3.11. The van der Waals surface area contributed by atoms with E-state index in [1.165, 1.54) is 34.8 Å². The van der Waals surface area contributed by atoms with Gasteiger partial charge in [-0.25, -0.2) is 14.1 Å². The Balaban J connectivity index is 1.28. The topological polar surface area (TPSA) is 80.1 Å². The number of hydrogen-bond acceptors (Lipinski definition) is 6. The summed E-state index contributed by atoms with van der Waals surface area (Å²) in [5, 5.41) is 10.9. The first-order chi connectivity index (χ1) is 15.9. The predicted octanol–water partition coefficient (Wildman–Crippen LogP) is 4.79. The summed E-state index contributed by atoms with van der Waals surface area (Å²) >= 11 is 2.80. The van der Waals surface area contributed by atoms with Crippen molar-refractivity contribution in [1.29, 1.82) is 0 Å². The lowest BCUT2D eigenvalue weighted by Crippen LogP contribution is -2.41. The number of benzene rings is 1. The number of halogens is 1. The molecule has 7 nitrogen and oxygen atoms in total. The average Bonchev–Trinajstić information content (AvgIpc) is 3.51. The minimum absolute atomic E-state index is 0.0318. The summed E-state index contributed by atoms with van der Waals surface area (Å²) in [4.78, 5) is 33.3. The summed E-state index contributed by atoms with van der Waals surface area (Å²) in [6.45, 7) is 4.86. The molecule has 1 saturated heterocycles. The molecule has 0 bridgehead atoms. The molecule has 33 heavy (non-hydrogen) atoms. The number of aromatic nitrogens is 3.